The first-order valence-corrected chi connectivity index (χ1v) is 9.78. The van der Waals surface area contributed by atoms with Gasteiger partial charge in [0.25, 0.3) is 0 Å². The number of thiophene rings is 1. The molecule has 0 bridgehead atoms. The van der Waals surface area contributed by atoms with Gasteiger partial charge in [0.05, 0.1) is 32.0 Å². The van der Waals surface area contributed by atoms with Gasteiger partial charge < -0.3 is 18.9 Å². The van der Waals surface area contributed by atoms with E-state index in [0.29, 0.717) is 6.61 Å². The first kappa shape index (κ1) is 20.3. The molecule has 0 saturated carbocycles. The zero-order valence-electron chi connectivity index (χ0n) is 16.0. The maximum Gasteiger partial charge on any atom is 0.338 e. The zero-order chi connectivity index (χ0) is 20.1. The second kappa shape index (κ2) is 9.14. The molecule has 1 fully saturated rings. The van der Waals surface area contributed by atoms with Crippen molar-refractivity contribution in [3.8, 4) is 0 Å². The molecule has 1 aliphatic heterocycles. The van der Waals surface area contributed by atoms with Crippen molar-refractivity contribution in [3.63, 3.8) is 0 Å². The number of carbonyl (C=O) groups excluding carboxylic acids is 2. The van der Waals surface area contributed by atoms with Crippen LogP contribution in [0.2, 0.25) is 0 Å². The average molecular weight is 402 g/mol. The Morgan fingerprint density at radius 3 is 2.57 bits per heavy atom. The molecular formula is C21H22O6S. The molecule has 148 valence electrons. The minimum Gasteiger partial charge on any atom is -0.465 e. The van der Waals surface area contributed by atoms with E-state index in [2.05, 4.69) is 0 Å². The summed E-state index contributed by atoms with van der Waals surface area (Å²) in [5.74, 6) is -1.17. The van der Waals surface area contributed by atoms with Gasteiger partial charge in [0.15, 0.2) is 6.29 Å². The normalized spacial score (nSPS) is 19.1. The highest BCUT2D eigenvalue weighted by molar-refractivity contribution is 7.10. The Labute approximate surface area is 167 Å². The van der Waals surface area contributed by atoms with Crippen LogP contribution < -0.4 is 0 Å². The van der Waals surface area contributed by atoms with Crippen LogP contribution in [-0.4, -0.2) is 39.1 Å². The monoisotopic (exact) mass is 402 g/mol. The largest absolute Gasteiger partial charge is 0.465 e. The van der Waals surface area contributed by atoms with Crippen LogP contribution in [0.4, 0.5) is 0 Å². The van der Waals surface area contributed by atoms with E-state index in [4.69, 9.17) is 18.9 Å². The van der Waals surface area contributed by atoms with Crippen molar-refractivity contribution < 1.29 is 28.5 Å². The number of hydrogen-bond donors (Lipinski definition) is 0. The van der Waals surface area contributed by atoms with Crippen LogP contribution in [0.1, 0.15) is 56.2 Å². The Balaban J connectivity index is 1.85. The van der Waals surface area contributed by atoms with Gasteiger partial charge >= 0.3 is 11.9 Å². The third-order valence-electron chi connectivity index (χ3n) is 4.41. The first-order chi connectivity index (χ1) is 13.6. The summed E-state index contributed by atoms with van der Waals surface area (Å²) in [5.41, 5.74) is 2.14. The fourth-order valence-electron chi connectivity index (χ4n) is 2.96. The van der Waals surface area contributed by atoms with Crippen molar-refractivity contribution in [2.75, 3.05) is 20.8 Å². The standard InChI is InChI=1S/C21H22O6S/c1-4-18-26-12-17(27-18)19-14(9-10-28-19)7-5-13-6-8-15(20(22)24-2)16(11-13)21(23)25-3/h5-11,17-18H,4,12H2,1-3H3. The molecule has 0 aliphatic carbocycles. The average Bonchev–Trinajstić information content (AvgIpc) is 3.39. The molecule has 28 heavy (non-hydrogen) atoms. The molecule has 2 heterocycles. The number of rotatable bonds is 6. The second-order valence-electron chi connectivity index (χ2n) is 6.16. The summed E-state index contributed by atoms with van der Waals surface area (Å²) in [6.45, 7) is 2.57. The van der Waals surface area contributed by atoms with Gasteiger partial charge in [0, 0.05) is 4.88 Å². The molecule has 3 rings (SSSR count). The summed E-state index contributed by atoms with van der Waals surface area (Å²) >= 11 is 1.62. The predicted molar refractivity (Wildman–Crippen MR) is 106 cm³/mol. The van der Waals surface area contributed by atoms with Crippen LogP contribution in [0.5, 0.6) is 0 Å². The van der Waals surface area contributed by atoms with Gasteiger partial charge in [-0.1, -0.05) is 25.1 Å². The van der Waals surface area contributed by atoms with Crippen LogP contribution in [0.25, 0.3) is 12.2 Å². The molecule has 7 heteroatoms. The van der Waals surface area contributed by atoms with Crippen molar-refractivity contribution in [2.45, 2.75) is 25.7 Å². The van der Waals surface area contributed by atoms with Gasteiger partial charge in [-0.15, -0.1) is 11.3 Å². The smallest absolute Gasteiger partial charge is 0.338 e. The summed E-state index contributed by atoms with van der Waals surface area (Å²) in [5, 5.41) is 2.01. The van der Waals surface area contributed by atoms with E-state index in [9.17, 15) is 9.59 Å². The van der Waals surface area contributed by atoms with E-state index in [1.807, 2.05) is 30.5 Å². The Morgan fingerprint density at radius 1 is 1.14 bits per heavy atom. The molecule has 1 aliphatic rings. The lowest BCUT2D eigenvalue weighted by Crippen LogP contribution is -2.11. The predicted octanol–water partition coefficient (Wildman–Crippen LogP) is 4.32. The molecular weight excluding hydrogens is 380 g/mol. The first-order valence-electron chi connectivity index (χ1n) is 8.90. The van der Waals surface area contributed by atoms with Gasteiger partial charge in [-0.05, 0) is 41.1 Å². The van der Waals surface area contributed by atoms with Crippen LogP contribution in [0.3, 0.4) is 0 Å². The Morgan fingerprint density at radius 2 is 1.89 bits per heavy atom. The minimum absolute atomic E-state index is 0.0723. The van der Waals surface area contributed by atoms with E-state index in [1.165, 1.54) is 14.2 Å². The molecule has 0 radical (unpaired) electrons. The Hall–Kier alpha value is -2.48. The highest BCUT2D eigenvalue weighted by atomic mass is 32.1. The lowest BCUT2D eigenvalue weighted by Gasteiger charge is -2.09. The molecule has 1 saturated heterocycles. The number of benzene rings is 1. The highest BCUT2D eigenvalue weighted by Gasteiger charge is 2.28. The Kier molecular flexibility index (Phi) is 6.61. The SMILES string of the molecule is CCC1OCC(c2sccc2C=Cc2ccc(C(=O)OC)c(C(=O)OC)c2)O1. The molecule has 2 unspecified atom stereocenters. The molecule has 0 N–H and O–H groups in total. The molecule has 1 aromatic heterocycles. The van der Waals surface area contributed by atoms with E-state index in [0.717, 1.165) is 22.4 Å². The molecule has 0 spiro atoms. The second-order valence-corrected chi connectivity index (χ2v) is 7.11. The van der Waals surface area contributed by atoms with E-state index >= 15 is 0 Å². The number of esters is 2. The Bertz CT molecular complexity index is 885. The van der Waals surface area contributed by atoms with Gasteiger partial charge in [-0.25, -0.2) is 9.59 Å². The van der Waals surface area contributed by atoms with Crippen molar-refractivity contribution in [1.82, 2.24) is 0 Å². The molecule has 6 nitrogen and oxygen atoms in total. The number of ether oxygens (including phenoxy) is 4. The van der Waals surface area contributed by atoms with Crippen LogP contribution in [0, 0.1) is 0 Å². The quantitative estimate of drug-likeness (QED) is 0.671. The maximum atomic E-state index is 12.0. The third kappa shape index (κ3) is 4.32. The third-order valence-corrected chi connectivity index (χ3v) is 5.44. The molecule has 2 atom stereocenters. The zero-order valence-corrected chi connectivity index (χ0v) is 16.8. The molecule has 2 aromatic rings. The number of methoxy groups -OCH3 is 2. The minimum atomic E-state index is -0.589. The van der Waals surface area contributed by atoms with E-state index in [-0.39, 0.29) is 23.5 Å². The van der Waals surface area contributed by atoms with Gasteiger partial charge in [0.2, 0.25) is 0 Å². The van der Waals surface area contributed by atoms with Crippen LogP contribution >= 0.6 is 11.3 Å². The summed E-state index contributed by atoms with van der Waals surface area (Å²) in [4.78, 5) is 25.0. The lowest BCUT2D eigenvalue weighted by atomic mass is 10.0. The fourth-order valence-corrected chi connectivity index (χ4v) is 3.87. The number of hydrogen-bond acceptors (Lipinski definition) is 7. The van der Waals surface area contributed by atoms with Gasteiger partial charge in [-0.3, -0.25) is 0 Å². The fraction of sp³-hybridized carbons (Fsp3) is 0.333. The topological polar surface area (TPSA) is 71.1 Å². The molecule has 1 aromatic carbocycles. The van der Waals surface area contributed by atoms with Crippen molar-refractivity contribution in [3.05, 3.63) is 56.8 Å². The summed E-state index contributed by atoms with van der Waals surface area (Å²) < 4.78 is 21.0. The maximum absolute atomic E-state index is 12.0. The summed E-state index contributed by atoms with van der Waals surface area (Å²) in [7, 11) is 2.55. The van der Waals surface area contributed by atoms with Crippen molar-refractivity contribution in [1.29, 1.82) is 0 Å². The van der Waals surface area contributed by atoms with Crippen molar-refractivity contribution >= 4 is 35.4 Å². The number of carbonyl (C=O) groups is 2. The van der Waals surface area contributed by atoms with Crippen LogP contribution in [-0.2, 0) is 18.9 Å². The van der Waals surface area contributed by atoms with Gasteiger partial charge in [-0.2, -0.15) is 0 Å². The highest BCUT2D eigenvalue weighted by Crippen LogP contribution is 2.34. The lowest BCUT2D eigenvalue weighted by molar-refractivity contribution is -0.0587. The van der Waals surface area contributed by atoms with E-state index in [1.54, 1.807) is 29.5 Å². The summed E-state index contributed by atoms with van der Waals surface area (Å²) in [6.07, 6.45) is 4.43. The van der Waals surface area contributed by atoms with Crippen molar-refractivity contribution in [2.24, 2.45) is 0 Å². The molecule has 0 amide bonds. The summed E-state index contributed by atoms with van der Waals surface area (Å²) in [6, 6.07) is 6.95. The van der Waals surface area contributed by atoms with E-state index < -0.39 is 11.9 Å². The van der Waals surface area contributed by atoms with Gasteiger partial charge in [0.1, 0.15) is 6.10 Å². The van der Waals surface area contributed by atoms with Crippen LogP contribution in [0.15, 0.2) is 29.6 Å².